The van der Waals surface area contributed by atoms with E-state index in [1.165, 1.54) is 12.0 Å². The summed E-state index contributed by atoms with van der Waals surface area (Å²) in [7, 11) is 0. The van der Waals surface area contributed by atoms with Crippen LogP contribution in [-0.4, -0.2) is 43.2 Å². The van der Waals surface area contributed by atoms with Gasteiger partial charge in [-0.2, -0.15) is 0 Å². The molecule has 0 spiro atoms. The minimum Gasteiger partial charge on any atom is -0.378 e. The molecule has 122 valence electrons. The zero-order valence-electron chi connectivity index (χ0n) is 13.4. The molecule has 0 radical (unpaired) electrons. The van der Waals surface area contributed by atoms with Crippen LogP contribution in [0.5, 0.6) is 0 Å². The van der Waals surface area contributed by atoms with Gasteiger partial charge in [-0.05, 0) is 37.7 Å². The van der Waals surface area contributed by atoms with Gasteiger partial charge in [-0.3, -0.25) is 4.79 Å². The third-order valence-electron chi connectivity index (χ3n) is 4.22. The Labute approximate surface area is 133 Å². The summed E-state index contributed by atoms with van der Waals surface area (Å²) < 4.78 is 5.70. The van der Waals surface area contributed by atoms with E-state index in [1.54, 1.807) is 0 Å². The molecule has 1 aliphatic rings. The SMILES string of the molecule is NCCN(CCc1ccccc1)C(=O)CCC1CCCCO1. The highest BCUT2D eigenvalue weighted by Gasteiger charge is 2.18. The molecule has 1 unspecified atom stereocenters. The molecule has 22 heavy (non-hydrogen) atoms. The van der Waals surface area contributed by atoms with Crippen LogP contribution in [0.3, 0.4) is 0 Å². The maximum Gasteiger partial charge on any atom is 0.222 e. The Balaban J connectivity index is 1.77. The summed E-state index contributed by atoms with van der Waals surface area (Å²) in [5.41, 5.74) is 6.91. The van der Waals surface area contributed by atoms with Gasteiger partial charge in [0, 0.05) is 32.7 Å². The maximum atomic E-state index is 12.4. The predicted octanol–water partition coefficient (Wildman–Crippen LogP) is 2.37. The Morgan fingerprint density at radius 2 is 2.05 bits per heavy atom. The predicted molar refractivity (Wildman–Crippen MR) is 88.6 cm³/mol. The Kier molecular flexibility index (Phi) is 7.40. The number of benzene rings is 1. The molecule has 0 aliphatic carbocycles. The van der Waals surface area contributed by atoms with Crippen molar-refractivity contribution in [2.75, 3.05) is 26.2 Å². The quantitative estimate of drug-likeness (QED) is 0.802. The standard InChI is InChI=1S/C18H28N2O2/c19-12-14-20(13-11-16-6-2-1-3-7-16)18(21)10-9-17-8-4-5-15-22-17/h1-3,6-7,17H,4-5,8-15,19H2. The lowest BCUT2D eigenvalue weighted by molar-refractivity contribution is -0.132. The molecule has 4 nitrogen and oxygen atoms in total. The van der Waals surface area contributed by atoms with Crippen LogP contribution in [-0.2, 0) is 16.0 Å². The number of hydrogen-bond donors (Lipinski definition) is 1. The largest absolute Gasteiger partial charge is 0.378 e. The minimum atomic E-state index is 0.204. The summed E-state index contributed by atoms with van der Waals surface area (Å²) in [6.07, 6.45) is 6.03. The van der Waals surface area contributed by atoms with Gasteiger partial charge in [0.05, 0.1) is 6.10 Å². The van der Waals surface area contributed by atoms with Gasteiger partial charge in [-0.1, -0.05) is 30.3 Å². The van der Waals surface area contributed by atoms with Crippen molar-refractivity contribution >= 4 is 5.91 Å². The van der Waals surface area contributed by atoms with Crippen LogP contribution >= 0.6 is 0 Å². The molecule has 4 heteroatoms. The van der Waals surface area contributed by atoms with Gasteiger partial charge in [0.15, 0.2) is 0 Å². The van der Waals surface area contributed by atoms with Crippen LogP contribution in [0.1, 0.15) is 37.7 Å². The van der Waals surface area contributed by atoms with E-state index in [0.717, 1.165) is 38.8 Å². The van der Waals surface area contributed by atoms with Crippen molar-refractivity contribution in [2.24, 2.45) is 5.73 Å². The van der Waals surface area contributed by atoms with E-state index in [4.69, 9.17) is 10.5 Å². The summed E-state index contributed by atoms with van der Waals surface area (Å²) in [5, 5.41) is 0. The molecule has 1 saturated heterocycles. The molecular formula is C18H28N2O2. The van der Waals surface area contributed by atoms with E-state index in [-0.39, 0.29) is 12.0 Å². The van der Waals surface area contributed by atoms with Gasteiger partial charge in [0.1, 0.15) is 0 Å². The molecule has 1 heterocycles. The van der Waals surface area contributed by atoms with E-state index >= 15 is 0 Å². The van der Waals surface area contributed by atoms with E-state index in [0.29, 0.717) is 19.5 Å². The Hall–Kier alpha value is -1.39. The molecule has 0 aromatic heterocycles. The normalized spacial score (nSPS) is 18.1. The lowest BCUT2D eigenvalue weighted by Gasteiger charge is -2.25. The van der Waals surface area contributed by atoms with Crippen molar-refractivity contribution in [2.45, 2.75) is 44.6 Å². The van der Waals surface area contributed by atoms with E-state index in [2.05, 4.69) is 12.1 Å². The second-order valence-electron chi connectivity index (χ2n) is 5.93. The first-order chi connectivity index (χ1) is 10.8. The number of hydrogen-bond acceptors (Lipinski definition) is 3. The summed E-state index contributed by atoms with van der Waals surface area (Å²) >= 11 is 0. The van der Waals surface area contributed by atoms with Gasteiger partial charge in [-0.15, -0.1) is 0 Å². The highest BCUT2D eigenvalue weighted by atomic mass is 16.5. The van der Waals surface area contributed by atoms with Crippen LogP contribution in [0.25, 0.3) is 0 Å². The lowest BCUT2D eigenvalue weighted by atomic mass is 10.0. The molecule has 1 aromatic carbocycles. The first-order valence-electron chi connectivity index (χ1n) is 8.43. The van der Waals surface area contributed by atoms with Crippen molar-refractivity contribution in [3.8, 4) is 0 Å². The van der Waals surface area contributed by atoms with Crippen molar-refractivity contribution in [1.29, 1.82) is 0 Å². The van der Waals surface area contributed by atoms with Gasteiger partial charge in [0.25, 0.3) is 0 Å². The van der Waals surface area contributed by atoms with E-state index < -0.39 is 0 Å². The van der Waals surface area contributed by atoms with Crippen LogP contribution in [0.2, 0.25) is 0 Å². The van der Waals surface area contributed by atoms with Gasteiger partial charge in [-0.25, -0.2) is 0 Å². The fourth-order valence-corrected chi connectivity index (χ4v) is 2.90. The molecule has 1 atom stereocenters. The van der Waals surface area contributed by atoms with Gasteiger partial charge >= 0.3 is 0 Å². The average molecular weight is 304 g/mol. The van der Waals surface area contributed by atoms with Gasteiger partial charge in [0.2, 0.25) is 5.91 Å². The molecule has 1 amide bonds. The fraction of sp³-hybridized carbons (Fsp3) is 0.611. The third kappa shape index (κ3) is 5.78. The lowest BCUT2D eigenvalue weighted by Crippen LogP contribution is -2.37. The van der Waals surface area contributed by atoms with Crippen molar-refractivity contribution in [3.63, 3.8) is 0 Å². The van der Waals surface area contributed by atoms with E-state index in [1.807, 2.05) is 23.1 Å². The summed E-state index contributed by atoms with van der Waals surface area (Å²) in [5.74, 6) is 0.204. The smallest absolute Gasteiger partial charge is 0.222 e. The summed E-state index contributed by atoms with van der Waals surface area (Å²) in [6.45, 7) is 2.74. The number of nitrogens with zero attached hydrogens (tertiary/aromatic N) is 1. The van der Waals surface area contributed by atoms with Crippen molar-refractivity contribution in [3.05, 3.63) is 35.9 Å². The molecule has 0 bridgehead atoms. The van der Waals surface area contributed by atoms with Crippen LogP contribution in [0, 0.1) is 0 Å². The van der Waals surface area contributed by atoms with Crippen LogP contribution in [0.15, 0.2) is 30.3 Å². The molecule has 1 aliphatic heterocycles. The maximum absolute atomic E-state index is 12.4. The summed E-state index contributed by atoms with van der Waals surface area (Å²) in [6, 6.07) is 10.3. The van der Waals surface area contributed by atoms with Crippen molar-refractivity contribution in [1.82, 2.24) is 4.90 Å². The van der Waals surface area contributed by atoms with Crippen molar-refractivity contribution < 1.29 is 9.53 Å². The van der Waals surface area contributed by atoms with E-state index in [9.17, 15) is 4.79 Å². The van der Waals surface area contributed by atoms with Crippen LogP contribution < -0.4 is 5.73 Å². The minimum absolute atomic E-state index is 0.204. The molecule has 1 fully saturated rings. The van der Waals surface area contributed by atoms with Gasteiger partial charge < -0.3 is 15.4 Å². The highest BCUT2D eigenvalue weighted by molar-refractivity contribution is 5.76. The fourth-order valence-electron chi connectivity index (χ4n) is 2.90. The molecule has 0 saturated carbocycles. The third-order valence-corrected chi connectivity index (χ3v) is 4.22. The number of ether oxygens (including phenoxy) is 1. The number of amides is 1. The number of nitrogens with two attached hydrogens (primary N) is 1. The molecule has 1 aromatic rings. The zero-order valence-corrected chi connectivity index (χ0v) is 13.4. The summed E-state index contributed by atoms with van der Waals surface area (Å²) in [4.78, 5) is 14.3. The number of carbonyl (C=O) groups is 1. The Bertz CT molecular complexity index is 430. The second-order valence-corrected chi connectivity index (χ2v) is 5.93. The topological polar surface area (TPSA) is 55.6 Å². The average Bonchev–Trinajstić information content (AvgIpc) is 2.58. The Morgan fingerprint density at radius 1 is 1.23 bits per heavy atom. The van der Waals surface area contributed by atoms with Crippen LogP contribution in [0.4, 0.5) is 0 Å². The second kappa shape index (κ2) is 9.59. The first kappa shape index (κ1) is 17.0. The number of carbonyl (C=O) groups excluding carboxylic acids is 1. The molecule has 2 rings (SSSR count). The highest BCUT2D eigenvalue weighted by Crippen LogP contribution is 2.17. The molecular weight excluding hydrogens is 276 g/mol. The first-order valence-corrected chi connectivity index (χ1v) is 8.43. The Morgan fingerprint density at radius 3 is 2.73 bits per heavy atom. The molecule has 2 N–H and O–H groups in total. The monoisotopic (exact) mass is 304 g/mol. The zero-order chi connectivity index (χ0) is 15.6. The number of rotatable bonds is 8.